The van der Waals surface area contributed by atoms with Crippen LogP contribution in [0.25, 0.3) is 66.1 Å². The highest BCUT2D eigenvalue weighted by atomic mass is 16.3. The van der Waals surface area contributed by atoms with E-state index in [2.05, 4.69) is 193 Å². The Kier molecular flexibility index (Phi) is 6.84. The number of nitrogens with zero attached hydrogens (tertiary/aromatic N) is 1. The largest absolute Gasteiger partial charge is 0.455 e. The van der Waals surface area contributed by atoms with E-state index < -0.39 is 0 Å². The molecule has 0 saturated carbocycles. The van der Waals surface area contributed by atoms with Crippen molar-refractivity contribution in [1.29, 1.82) is 0 Å². The summed E-state index contributed by atoms with van der Waals surface area (Å²) in [4.78, 5) is 2.31. The van der Waals surface area contributed by atoms with Crippen molar-refractivity contribution in [3.05, 3.63) is 188 Å². The lowest BCUT2D eigenvalue weighted by atomic mass is 9.95. The topological polar surface area (TPSA) is 16.4 Å². The van der Waals surface area contributed by atoms with Gasteiger partial charge in [-0.3, -0.25) is 0 Å². The molecule has 9 rings (SSSR count). The summed E-state index contributed by atoms with van der Waals surface area (Å²) in [6, 6.07) is 66.7. The van der Waals surface area contributed by atoms with Crippen LogP contribution in [0.4, 0.5) is 17.1 Å². The molecule has 9 aromatic rings. The van der Waals surface area contributed by atoms with E-state index in [1.165, 1.54) is 27.6 Å². The fraction of sp³-hybridized carbons (Fsp3) is 0. The van der Waals surface area contributed by atoms with E-state index in [0.717, 1.165) is 55.5 Å². The monoisotopic (exact) mass is 613 g/mol. The van der Waals surface area contributed by atoms with E-state index in [4.69, 9.17) is 4.42 Å². The fourth-order valence-electron chi connectivity index (χ4n) is 6.97. The van der Waals surface area contributed by atoms with Gasteiger partial charge in [0, 0.05) is 38.8 Å². The molecule has 0 atom stereocenters. The summed E-state index contributed by atoms with van der Waals surface area (Å²) in [6.45, 7) is 0. The standard InChI is InChI=1S/C46H31NO/c1-4-14-32(15-5-1)35-18-12-21-38(30-35)47(36-19-8-3-9-20-36)37-28-26-34(27-29-37)39-24-13-25-42-44-31-43(33-16-6-2-7-17-33)40-22-10-11-23-41(40)46(44)48-45(39)42/h1-31H. The second-order valence-corrected chi connectivity index (χ2v) is 12.1. The van der Waals surface area contributed by atoms with Crippen LogP contribution in [0.2, 0.25) is 0 Å². The molecule has 0 spiro atoms. The Morgan fingerprint density at radius 3 is 1.56 bits per heavy atom. The average molecular weight is 614 g/mol. The third kappa shape index (κ3) is 4.83. The lowest BCUT2D eigenvalue weighted by molar-refractivity contribution is 0.674. The summed E-state index contributed by atoms with van der Waals surface area (Å²) in [5.41, 5.74) is 12.1. The van der Waals surface area contributed by atoms with E-state index in [1.807, 2.05) is 0 Å². The number of furan rings is 1. The molecule has 1 aromatic heterocycles. The van der Waals surface area contributed by atoms with Crippen LogP contribution >= 0.6 is 0 Å². The molecule has 0 unspecified atom stereocenters. The highest BCUT2D eigenvalue weighted by Crippen LogP contribution is 2.43. The number of hydrogen-bond donors (Lipinski definition) is 0. The van der Waals surface area contributed by atoms with Gasteiger partial charge in [-0.25, -0.2) is 0 Å². The van der Waals surface area contributed by atoms with Gasteiger partial charge in [-0.05, 0) is 75.7 Å². The lowest BCUT2D eigenvalue weighted by Crippen LogP contribution is -2.09. The van der Waals surface area contributed by atoms with Crippen LogP contribution in [0.3, 0.4) is 0 Å². The van der Waals surface area contributed by atoms with E-state index in [0.29, 0.717) is 0 Å². The first kappa shape index (κ1) is 27.9. The molecule has 0 aliphatic carbocycles. The molecular formula is C46H31NO. The lowest BCUT2D eigenvalue weighted by Gasteiger charge is -2.26. The molecule has 2 nitrogen and oxygen atoms in total. The van der Waals surface area contributed by atoms with Crippen LogP contribution in [0.1, 0.15) is 0 Å². The first-order valence-electron chi connectivity index (χ1n) is 16.4. The number of benzene rings is 8. The Morgan fingerprint density at radius 2 is 0.812 bits per heavy atom. The number of hydrogen-bond acceptors (Lipinski definition) is 2. The van der Waals surface area contributed by atoms with Gasteiger partial charge in [-0.1, -0.05) is 146 Å². The molecule has 8 aromatic carbocycles. The fourth-order valence-corrected chi connectivity index (χ4v) is 6.97. The van der Waals surface area contributed by atoms with Gasteiger partial charge in [-0.15, -0.1) is 0 Å². The third-order valence-corrected chi connectivity index (χ3v) is 9.25. The summed E-state index contributed by atoms with van der Waals surface area (Å²) in [5, 5.41) is 4.58. The van der Waals surface area contributed by atoms with Gasteiger partial charge < -0.3 is 9.32 Å². The minimum absolute atomic E-state index is 0.908. The maximum Gasteiger partial charge on any atom is 0.143 e. The zero-order valence-electron chi connectivity index (χ0n) is 26.3. The molecular weight excluding hydrogens is 583 g/mol. The number of fused-ring (bicyclic) bond motifs is 5. The Labute approximate surface area is 279 Å². The van der Waals surface area contributed by atoms with Crippen LogP contribution in [-0.2, 0) is 0 Å². The van der Waals surface area contributed by atoms with Crippen molar-refractivity contribution < 1.29 is 4.42 Å². The summed E-state index contributed by atoms with van der Waals surface area (Å²) in [6.07, 6.45) is 0. The maximum atomic E-state index is 6.80. The Bertz CT molecular complexity index is 2530. The maximum absolute atomic E-state index is 6.80. The number of rotatable bonds is 6. The van der Waals surface area contributed by atoms with Gasteiger partial charge in [0.1, 0.15) is 11.2 Å². The van der Waals surface area contributed by atoms with Gasteiger partial charge in [0.15, 0.2) is 0 Å². The van der Waals surface area contributed by atoms with Crippen LogP contribution in [-0.4, -0.2) is 0 Å². The first-order valence-corrected chi connectivity index (χ1v) is 16.4. The molecule has 0 amide bonds. The molecule has 0 radical (unpaired) electrons. The van der Waals surface area contributed by atoms with Gasteiger partial charge in [0.2, 0.25) is 0 Å². The Balaban J connectivity index is 1.16. The van der Waals surface area contributed by atoms with Crippen molar-refractivity contribution in [2.75, 3.05) is 4.90 Å². The molecule has 0 saturated heterocycles. The highest BCUT2D eigenvalue weighted by molar-refractivity contribution is 6.20. The van der Waals surface area contributed by atoms with E-state index >= 15 is 0 Å². The summed E-state index contributed by atoms with van der Waals surface area (Å²) < 4.78 is 6.80. The zero-order chi connectivity index (χ0) is 31.9. The second kappa shape index (κ2) is 11.8. The predicted octanol–water partition coefficient (Wildman–Crippen LogP) is 13.2. The van der Waals surface area contributed by atoms with Crippen molar-refractivity contribution >= 4 is 49.8 Å². The van der Waals surface area contributed by atoms with Crippen molar-refractivity contribution in [3.63, 3.8) is 0 Å². The smallest absolute Gasteiger partial charge is 0.143 e. The predicted molar refractivity (Wildman–Crippen MR) is 202 cm³/mol. The molecule has 0 N–H and O–H groups in total. The van der Waals surface area contributed by atoms with Gasteiger partial charge in [0.25, 0.3) is 0 Å². The molecule has 0 bridgehead atoms. The van der Waals surface area contributed by atoms with E-state index in [9.17, 15) is 0 Å². The second-order valence-electron chi connectivity index (χ2n) is 12.1. The quantitative estimate of drug-likeness (QED) is 0.185. The molecule has 0 fully saturated rings. The summed E-state index contributed by atoms with van der Waals surface area (Å²) in [7, 11) is 0. The van der Waals surface area contributed by atoms with Gasteiger partial charge in [-0.2, -0.15) is 0 Å². The summed E-state index contributed by atoms with van der Waals surface area (Å²) >= 11 is 0. The molecule has 226 valence electrons. The normalized spacial score (nSPS) is 11.3. The molecule has 1 heterocycles. The average Bonchev–Trinajstić information content (AvgIpc) is 3.55. The third-order valence-electron chi connectivity index (χ3n) is 9.25. The molecule has 2 heteroatoms. The van der Waals surface area contributed by atoms with Crippen molar-refractivity contribution in [1.82, 2.24) is 0 Å². The number of anilines is 3. The Morgan fingerprint density at radius 1 is 0.292 bits per heavy atom. The van der Waals surface area contributed by atoms with Gasteiger partial charge >= 0.3 is 0 Å². The Hall–Kier alpha value is -6.38. The van der Waals surface area contributed by atoms with Crippen molar-refractivity contribution in [3.8, 4) is 33.4 Å². The first-order chi connectivity index (χ1) is 23.8. The van der Waals surface area contributed by atoms with Crippen LogP contribution in [0.5, 0.6) is 0 Å². The number of para-hydroxylation sites is 2. The summed E-state index contributed by atoms with van der Waals surface area (Å²) in [5.74, 6) is 0. The van der Waals surface area contributed by atoms with Crippen molar-refractivity contribution in [2.24, 2.45) is 0 Å². The van der Waals surface area contributed by atoms with Gasteiger partial charge in [0.05, 0.1) is 0 Å². The van der Waals surface area contributed by atoms with Crippen LogP contribution in [0.15, 0.2) is 192 Å². The highest BCUT2D eigenvalue weighted by Gasteiger charge is 2.18. The molecule has 0 aliphatic rings. The van der Waals surface area contributed by atoms with E-state index in [-0.39, 0.29) is 0 Å². The minimum atomic E-state index is 0.908. The SMILES string of the molecule is c1ccc(-c2cccc(N(c3ccccc3)c3ccc(-c4cccc5c4oc4c6ccccc6c(-c6ccccc6)cc54)cc3)c2)cc1. The minimum Gasteiger partial charge on any atom is -0.455 e. The van der Waals surface area contributed by atoms with E-state index in [1.54, 1.807) is 0 Å². The molecule has 48 heavy (non-hydrogen) atoms. The molecule has 0 aliphatic heterocycles. The van der Waals surface area contributed by atoms with Crippen LogP contribution < -0.4 is 4.90 Å². The van der Waals surface area contributed by atoms with Crippen molar-refractivity contribution in [2.45, 2.75) is 0 Å². The zero-order valence-corrected chi connectivity index (χ0v) is 26.3. The van der Waals surface area contributed by atoms with Crippen LogP contribution in [0, 0.1) is 0 Å².